The molecule has 0 bridgehead atoms. The number of furan rings is 1. The van der Waals surface area contributed by atoms with Gasteiger partial charge in [0.2, 0.25) is 10.0 Å². The van der Waals surface area contributed by atoms with Crippen molar-refractivity contribution < 1.29 is 12.8 Å². The summed E-state index contributed by atoms with van der Waals surface area (Å²) in [7, 11) is -1.59. The van der Waals surface area contributed by atoms with Gasteiger partial charge < -0.3 is 9.73 Å². The summed E-state index contributed by atoms with van der Waals surface area (Å²) in [5.74, 6) is 0.777. The third-order valence-corrected chi connectivity index (χ3v) is 5.71. The third-order valence-electron chi connectivity index (χ3n) is 3.47. The van der Waals surface area contributed by atoms with E-state index < -0.39 is 10.0 Å². The van der Waals surface area contributed by atoms with Gasteiger partial charge in [0.15, 0.2) is 0 Å². The molecule has 1 N–H and O–H groups in total. The van der Waals surface area contributed by atoms with Crippen molar-refractivity contribution in [2.75, 3.05) is 20.1 Å². The second kappa shape index (κ2) is 5.42. The summed E-state index contributed by atoms with van der Waals surface area (Å²) in [6.07, 6.45) is 3.25. The van der Waals surface area contributed by atoms with Gasteiger partial charge in [-0.25, -0.2) is 12.7 Å². The summed E-state index contributed by atoms with van der Waals surface area (Å²) < 4.78 is 31.4. The zero-order chi connectivity index (χ0) is 13.2. The van der Waals surface area contributed by atoms with Gasteiger partial charge in [0.05, 0.1) is 11.5 Å². The van der Waals surface area contributed by atoms with Gasteiger partial charge in [-0.05, 0) is 32.4 Å². The lowest BCUT2D eigenvalue weighted by atomic mass is 10.2. The Morgan fingerprint density at radius 1 is 1.56 bits per heavy atom. The van der Waals surface area contributed by atoms with E-state index in [4.69, 9.17) is 4.42 Å². The van der Waals surface area contributed by atoms with E-state index in [1.165, 1.54) is 4.31 Å². The summed E-state index contributed by atoms with van der Waals surface area (Å²) in [5.41, 5.74) is 0.921. The molecule has 1 aromatic heterocycles. The Morgan fingerprint density at radius 3 is 2.89 bits per heavy atom. The van der Waals surface area contributed by atoms with Crippen LogP contribution in [0.5, 0.6) is 0 Å². The summed E-state index contributed by atoms with van der Waals surface area (Å²) in [6, 6.07) is 1.82. The van der Waals surface area contributed by atoms with E-state index in [0.717, 1.165) is 30.7 Å². The molecule has 1 unspecified atom stereocenters. The Kier molecular flexibility index (Phi) is 4.09. The van der Waals surface area contributed by atoms with Crippen molar-refractivity contribution in [3.05, 3.63) is 23.7 Å². The maximum Gasteiger partial charge on any atom is 0.218 e. The first kappa shape index (κ1) is 13.6. The molecule has 2 rings (SSSR count). The average Bonchev–Trinajstić information content (AvgIpc) is 2.76. The molecule has 1 aromatic rings. The van der Waals surface area contributed by atoms with Gasteiger partial charge in [-0.1, -0.05) is 0 Å². The molecule has 1 aliphatic heterocycles. The van der Waals surface area contributed by atoms with E-state index in [-0.39, 0.29) is 5.25 Å². The molecule has 0 aliphatic carbocycles. The monoisotopic (exact) mass is 272 g/mol. The standard InChI is InChI=1S/C12H20N2O3S/c1-10-11(5-7-17-10)9-14(2)18(15,16)12-4-3-6-13-8-12/h5,7,12-13H,3-4,6,8-9H2,1-2H3. The van der Waals surface area contributed by atoms with Crippen LogP contribution in [0.15, 0.2) is 16.7 Å². The number of nitrogens with one attached hydrogen (secondary N) is 1. The van der Waals surface area contributed by atoms with Crippen LogP contribution in [0.1, 0.15) is 24.2 Å². The molecule has 0 spiro atoms. The lowest BCUT2D eigenvalue weighted by Crippen LogP contribution is -2.44. The Morgan fingerprint density at radius 2 is 2.33 bits per heavy atom. The Bertz CT molecular complexity index is 489. The number of nitrogens with zero attached hydrogens (tertiary/aromatic N) is 1. The molecule has 1 atom stereocenters. The zero-order valence-corrected chi connectivity index (χ0v) is 11.7. The number of sulfonamides is 1. The largest absolute Gasteiger partial charge is 0.469 e. The number of aryl methyl sites for hydroxylation is 1. The highest BCUT2D eigenvalue weighted by Gasteiger charge is 2.31. The predicted molar refractivity (Wildman–Crippen MR) is 69.7 cm³/mol. The number of hydrogen-bond acceptors (Lipinski definition) is 4. The van der Waals surface area contributed by atoms with Crippen LogP contribution in [-0.2, 0) is 16.6 Å². The van der Waals surface area contributed by atoms with Gasteiger partial charge in [0.1, 0.15) is 5.76 Å². The van der Waals surface area contributed by atoms with Crippen LogP contribution < -0.4 is 5.32 Å². The lowest BCUT2D eigenvalue weighted by Gasteiger charge is -2.27. The average molecular weight is 272 g/mol. The summed E-state index contributed by atoms with van der Waals surface area (Å²) in [4.78, 5) is 0. The van der Waals surface area contributed by atoms with Gasteiger partial charge in [-0.2, -0.15) is 0 Å². The zero-order valence-electron chi connectivity index (χ0n) is 10.8. The fraction of sp³-hybridized carbons (Fsp3) is 0.667. The molecule has 1 aliphatic rings. The predicted octanol–water partition coefficient (Wildman–Crippen LogP) is 1.10. The fourth-order valence-corrected chi connectivity index (χ4v) is 3.85. The van der Waals surface area contributed by atoms with Crippen LogP contribution in [0.4, 0.5) is 0 Å². The van der Waals surface area contributed by atoms with Crippen LogP contribution in [0.2, 0.25) is 0 Å². The molecular weight excluding hydrogens is 252 g/mol. The Labute approximate surface area is 108 Å². The minimum Gasteiger partial charge on any atom is -0.469 e. The van der Waals surface area contributed by atoms with Gasteiger partial charge in [0.25, 0.3) is 0 Å². The third kappa shape index (κ3) is 2.76. The maximum absolute atomic E-state index is 12.4. The molecule has 5 nitrogen and oxygen atoms in total. The van der Waals surface area contributed by atoms with Crippen molar-refractivity contribution in [2.45, 2.75) is 31.6 Å². The molecular formula is C12H20N2O3S. The summed E-state index contributed by atoms with van der Waals surface area (Å²) in [5, 5.41) is 2.84. The van der Waals surface area contributed by atoms with Crippen molar-refractivity contribution >= 4 is 10.0 Å². The van der Waals surface area contributed by atoms with E-state index in [0.29, 0.717) is 13.1 Å². The first-order valence-corrected chi connectivity index (χ1v) is 7.71. The second-order valence-electron chi connectivity index (χ2n) is 4.77. The van der Waals surface area contributed by atoms with Crippen molar-refractivity contribution in [3.8, 4) is 0 Å². The number of rotatable bonds is 4. The van der Waals surface area contributed by atoms with E-state index in [2.05, 4.69) is 5.32 Å². The Balaban J connectivity index is 2.07. The van der Waals surface area contributed by atoms with E-state index >= 15 is 0 Å². The van der Waals surface area contributed by atoms with Crippen LogP contribution in [-0.4, -0.2) is 38.1 Å². The molecule has 0 radical (unpaired) electrons. The molecule has 1 saturated heterocycles. The van der Waals surface area contributed by atoms with Gasteiger partial charge in [-0.3, -0.25) is 0 Å². The maximum atomic E-state index is 12.4. The van der Waals surface area contributed by atoms with Gasteiger partial charge >= 0.3 is 0 Å². The first-order valence-electron chi connectivity index (χ1n) is 6.20. The smallest absolute Gasteiger partial charge is 0.218 e. The van der Waals surface area contributed by atoms with Gasteiger partial charge in [-0.15, -0.1) is 0 Å². The highest BCUT2D eigenvalue weighted by Crippen LogP contribution is 2.19. The van der Waals surface area contributed by atoms with Crippen molar-refractivity contribution in [2.24, 2.45) is 0 Å². The minimum absolute atomic E-state index is 0.302. The molecule has 102 valence electrons. The SMILES string of the molecule is Cc1occc1CN(C)S(=O)(=O)C1CCCNC1. The topological polar surface area (TPSA) is 62.6 Å². The molecule has 2 heterocycles. The Hall–Kier alpha value is -0.850. The lowest BCUT2D eigenvalue weighted by molar-refractivity contribution is 0.426. The summed E-state index contributed by atoms with van der Waals surface area (Å²) in [6.45, 7) is 3.69. The number of piperidine rings is 1. The fourth-order valence-electron chi connectivity index (χ4n) is 2.23. The van der Waals surface area contributed by atoms with E-state index in [1.54, 1.807) is 13.3 Å². The van der Waals surface area contributed by atoms with E-state index in [1.807, 2.05) is 13.0 Å². The van der Waals surface area contributed by atoms with Crippen molar-refractivity contribution in [1.82, 2.24) is 9.62 Å². The van der Waals surface area contributed by atoms with Crippen LogP contribution in [0.3, 0.4) is 0 Å². The molecule has 1 fully saturated rings. The van der Waals surface area contributed by atoms with Crippen molar-refractivity contribution in [3.63, 3.8) is 0 Å². The van der Waals surface area contributed by atoms with Crippen molar-refractivity contribution in [1.29, 1.82) is 0 Å². The number of hydrogen-bond donors (Lipinski definition) is 1. The molecule has 0 aromatic carbocycles. The summed E-state index contributed by atoms with van der Waals surface area (Å²) >= 11 is 0. The molecule has 0 saturated carbocycles. The first-order chi connectivity index (χ1) is 8.51. The van der Waals surface area contributed by atoms with Crippen LogP contribution >= 0.6 is 0 Å². The second-order valence-corrected chi connectivity index (χ2v) is 7.09. The van der Waals surface area contributed by atoms with Crippen LogP contribution in [0.25, 0.3) is 0 Å². The highest BCUT2D eigenvalue weighted by molar-refractivity contribution is 7.89. The molecule has 18 heavy (non-hydrogen) atoms. The molecule has 0 amide bonds. The van der Waals surface area contributed by atoms with E-state index in [9.17, 15) is 8.42 Å². The quantitative estimate of drug-likeness (QED) is 0.891. The van der Waals surface area contributed by atoms with Gasteiger partial charge in [0, 0.05) is 25.7 Å². The minimum atomic E-state index is -3.23. The normalized spacial score (nSPS) is 21.4. The van der Waals surface area contributed by atoms with Crippen LogP contribution in [0, 0.1) is 6.92 Å². The highest BCUT2D eigenvalue weighted by atomic mass is 32.2. The molecule has 6 heteroatoms.